The molecule has 0 amide bonds. The molecule has 0 aliphatic carbocycles. The maximum Gasteiger partial charge on any atom is 0.302 e. The van der Waals surface area contributed by atoms with Gasteiger partial charge in [-0.15, -0.1) is 0 Å². The van der Waals surface area contributed by atoms with E-state index in [-0.39, 0.29) is 12.0 Å². The van der Waals surface area contributed by atoms with Crippen molar-refractivity contribution in [3.63, 3.8) is 0 Å². The summed E-state index contributed by atoms with van der Waals surface area (Å²) in [7, 11) is 1.53. The van der Waals surface area contributed by atoms with Crippen LogP contribution in [-0.2, 0) is 16.0 Å². The Balaban J connectivity index is 2.55. The number of aromatic nitrogens is 1. The van der Waals surface area contributed by atoms with Crippen molar-refractivity contribution in [2.24, 2.45) is 0 Å². The van der Waals surface area contributed by atoms with Crippen molar-refractivity contribution in [3.05, 3.63) is 40.2 Å². The number of pyridine rings is 1. The lowest BCUT2D eigenvalue weighted by Crippen LogP contribution is -2.37. The number of aromatic amines is 1. The number of hydrogen-bond acceptors (Lipinski definition) is 4. The summed E-state index contributed by atoms with van der Waals surface area (Å²) in [6, 6.07) is 7.43. The molecular weight excluding hydrogens is 362 g/mol. The van der Waals surface area contributed by atoms with Crippen molar-refractivity contribution in [1.29, 1.82) is 0 Å². The summed E-state index contributed by atoms with van der Waals surface area (Å²) in [6.45, 7) is 5.14. The highest BCUT2D eigenvalue weighted by molar-refractivity contribution is 9.10. The summed E-state index contributed by atoms with van der Waals surface area (Å²) in [6.07, 6.45) is -0.252. The van der Waals surface area contributed by atoms with E-state index in [0.29, 0.717) is 16.8 Å². The van der Waals surface area contributed by atoms with Crippen LogP contribution in [0.15, 0.2) is 29.1 Å². The molecule has 0 saturated carbocycles. The van der Waals surface area contributed by atoms with Crippen LogP contribution in [0.1, 0.15) is 26.3 Å². The molecule has 1 atom stereocenters. The Bertz CT molecular complexity index is 776. The maximum atomic E-state index is 12.5. The predicted octanol–water partition coefficient (Wildman–Crippen LogP) is 3.18. The maximum absolute atomic E-state index is 12.5. The van der Waals surface area contributed by atoms with Crippen molar-refractivity contribution in [2.45, 2.75) is 37.6 Å². The zero-order valence-corrected chi connectivity index (χ0v) is 15.2. The molecular formula is C17H20BrNO4. The van der Waals surface area contributed by atoms with Gasteiger partial charge in [-0.25, -0.2) is 0 Å². The van der Waals surface area contributed by atoms with Crippen LogP contribution >= 0.6 is 15.9 Å². The molecule has 1 heterocycles. The van der Waals surface area contributed by atoms with E-state index in [9.17, 15) is 9.59 Å². The molecule has 0 bridgehead atoms. The van der Waals surface area contributed by atoms with Gasteiger partial charge in [0.1, 0.15) is 11.9 Å². The second-order valence-electron chi connectivity index (χ2n) is 5.88. The molecule has 1 N–H and O–H groups in total. The molecule has 1 aromatic heterocycles. The molecule has 0 radical (unpaired) electrons. The van der Waals surface area contributed by atoms with E-state index >= 15 is 0 Å². The lowest BCUT2D eigenvalue weighted by molar-refractivity contribution is -0.147. The van der Waals surface area contributed by atoms with Gasteiger partial charge in [0, 0.05) is 18.7 Å². The van der Waals surface area contributed by atoms with Crippen LogP contribution in [0, 0.1) is 0 Å². The summed E-state index contributed by atoms with van der Waals surface area (Å²) in [4.78, 5) is 26.7. The molecule has 2 aromatic rings. The third-order valence-corrected chi connectivity index (χ3v) is 4.15. The number of ether oxygens (including phenoxy) is 2. The molecule has 0 aliphatic heterocycles. The number of nitrogens with one attached hydrogen (secondary N) is 1. The highest BCUT2D eigenvalue weighted by Gasteiger charge is 2.32. The van der Waals surface area contributed by atoms with Gasteiger partial charge in [-0.1, -0.05) is 28.1 Å². The third kappa shape index (κ3) is 3.93. The fraction of sp³-hybridized carbons (Fsp3) is 0.412. The molecule has 0 fully saturated rings. The number of benzene rings is 1. The number of fused-ring (bicyclic) bond motifs is 1. The number of rotatable bonds is 5. The summed E-state index contributed by atoms with van der Waals surface area (Å²) in [5, 5.41) is 0.818. The van der Waals surface area contributed by atoms with Crippen LogP contribution in [0.3, 0.4) is 0 Å². The molecule has 0 aliphatic rings. The average Bonchev–Trinajstić information content (AvgIpc) is 2.45. The number of para-hydroxylation sites is 1. The third-order valence-electron chi connectivity index (χ3n) is 3.64. The summed E-state index contributed by atoms with van der Waals surface area (Å²) in [5.41, 5.74) is 0.930. The molecule has 0 spiro atoms. The smallest absolute Gasteiger partial charge is 0.302 e. The summed E-state index contributed by atoms with van der Waals surface area (Å²) >= 11 is 3.52. The molecule has 1 aromatic carbocycles. The minimum absolute atomic E-state index is 0.241. The van der Waals surface area contributed by atoms with E-state index in [0.717, 1.165) is 5.39 Å². The largest absolute Gasteiger partial charge is 0.496 e. The molecule has 124 valence electrons. The van der Waals surface area contributed by atoms with Gasteiger partial charge in [0.15, 0.2) is 0 Å². The Kier molecular flexibility index (Phi) is 5.14. The summed E-state index contributed by atoms with van der Waals surface area (Å²) in [5.74, 6) is 0.122. The lowest BCUT2D eigenvalue weighted by atomic mass is 9.97. The Morgan fingerprint density at radius 3 is 2.57 bits per heavy atom. The Morgan fingerprint density at radius 1 is 1.35 bits per heavy atom. The predicted molar refractivity (Wildman–Crippen MR) is 93.4 cm³/mol. The van der Waals surface area contributed by atoms with Gasteiger partial charge in [-0.05, 0) is 26.0 Å². The normalized spacial score (nSPS) is 12.9. The first-order chi connectivity index (χ1) is 10.7. The van der Waals surface area contributed by atoms with E-state index in [4.69, 9.17) is 9.47 Å². The number of methoxy groups -OCH3 is 1. The number of hydrogen-bond donors (Lipinski definition) is 1. The van der Waals surface area contributed by atoms with Gasteiger partial charge in [0.25, 0.3) is 5.56 Å². The monoisotopic (exact) mass is 381 g/mol. The van der Waals surface area contributed by atoms with Crippen LogP contribution in [0.5, 0.6) is 5.75 Å². The van der Waals surface area contributed by atoms with E-state index in [2.05, 4.69) is 20.9 Å². The highest BCUT2D eigenvalue weighted by Crippen LogP contribution is 2.31. The first kappa shape index (κ1) is 17.5. The standard InChI is InChI=1S/C17H20BrNO4/c1-10(20)23-14(17(2,3)18)9-12-15(22-4)11-7-5-6-8-13(11)19-16(12)21/h5-8,14H,9H2,1-4H3,(H,19,21)/t14-/m1/s1. The quantitative estimate of drug-likeness (QED) is 0.637. The molecule has 23 heavy (non-hydrogen) atoms. The van der Waals surface area contributed by atoms with Gasteiger partial charge < -0.3 is 14.5 Å². The number of esters is 1. The minimum atomic E-state index is -0.504. The molecule has 2 rings (SSSR count). The van der Waals surface area contributed by atoms with E-state index < -0.39 is 16.4 Å². The number of halogens is 1. The first-order valence-corrected chi connectivity index (χ1v) is 8.07. The number of carbonyl (C=O) groups is 1. The van der Waals surface area contributed by atoms with Crippen molar-refractivity contribution < 1.29 is 14.3 Å². The Morgan fingerprint density at radius 2 is 2.00 bits per heavy atom. The van der Waals surface area contributed by atoms with Gasteiger partial charge >= 0.3 is 5.97 Å². The van der Waals surface area contributed by atoms with E-state index in [1.807, 2.05) is 38.1 Å². The number of carbonyl (C=O) groups excluding carboxylic acids is 1. The van der Waals surface area contributed by atoms with E-state index in [1.54, 1.807) is 0 Å². The molecule has 0 unspecified atom stereocenters. The fourth-order valence-electron chi connectivity index (χ4n) is 2.48. The van der Waals surface area contributed by atoms with Gasteiger partial charge in [0.2, 0.25) is 0 Å². The second kappa shape index (κ2) is 6.74. The minimum Gasteiger partial charge on any atom is -0.496 e. The van der Waals surface area contributed by atoms with Gasteiger partial charge in [-0.2, -0.15) is 0 Å². The van der Waals surface area contributed by atoms with Crippen LogP contribution in [-0.4, -0.2) is 28.5 Å². The average molecular weight is 382 g/mol. The topological polar surface area (TPSA) is 68.4 Å². The fourth-order valence-corrected chi connectivity index (χ4v) is 2.74. The molecule has 5 nitrogen and oxygen atoms in total. The second-order valence-corrected chi connectivity index (χ2v) is 7.92. The Labute approximate surface area is 143 Å². The number of alkyl halides is 1. The lowest BCUT2D eigenvalue weighted by Gasteiger charge is -2.28. The first-order valence-electron chi connectivity index (χ1n) is 7.28. The van der Waals surface area contributed by atoms with Crippen molar-refractivity contribution in [2.75, 3.05) is 7.11 Å². The zero-order valence-electron chi connectivity index (χ0n) is 13.6. The molecule has 0 saturated heterocycles. The SMILES string of the molecule is COc1c(C[C@@H](OC(C)=O)C(C)(C)Br)c(=O)[nH]c2ccccc12. The van der Waals surface area contributed by atoms with Crippen LogP contribution < -0.4 is 10.3 Å². The Hall–Kier alpha value is -1.82. The highest BCUT2D eigenvalue weighted by atomic mass is 79.9. The van der Waals surface area contributed by atoms with Gasteiger partial charge in [-0.3, -0.25) is 9.59 Å². The van der Waals surface area contributed by atoms with Gasteiger partial charge in [0.05, 0.1) is 22.5 Å². The van der Waals surface area contributed by atoms with Crippen LogP contribution in [0.4, 0.5) is 0 Å². The van der Waals surface area contributed by atoms with Crippen molar-refractivity contribution in [1.82, 2.24) is 4.98 Å². The number of H-pyrrole nitrogens is 1. The van der Waals surface area contributed by atoms with Crippen LogP contribution in [0.25, 0.3) is 10.9 Å². The van der Waals surface area contributed by atoms with Crippen molar-refractivity contribution >= 4 is 32.8 Å². The van der Waals surface area contributed by atoms with Crippen LogP contribution in [0.2, 0.25) is 0 Å². The van der Waals surface area contributed by atoms with E-state index in [1.165, 1.54) is 14.0 Å². The zero-order chi connectivity index (χ0) is 17.2. The van der Waals surface area contributed by atoms with Crippen molar-refractivity contribution in [3.8, 4) is 5.75 Å². The molecule has 6 heteroatoms. The summed E-state index contributed by atoms with van der Waals surface area (Å²) < 4.78 is 10.4.